The van der Waals surface area contributed by atoms with E-state index in [1.807, 2.05) is 36.1 Å². The van der Waals surface area contributed by atoms with E-state index in [1.54, 1.807) is 0 Å². The molecule has 4 heteroatoms. The van der Waals surface area contributed by atoms with Gasteiger partial charge in [-0.25, -0.2) is 0 Å². The number of hydrogen-bond donors (Lipinski definition) is 1. The highest BCUT2D eigenvalue weighted by Gasteiger charge is 2.22. The number of nitrogens with one attached hydrogen (secondary N) is 1. The molecule has 1 unspecified atom stereocenters. The maximum Gasteiger partial charge on any atom is 0.232 e. The van der Waals surface area contributed by atoms with Crippen LogP contribution in [0.5, 0.6) is 0 Å². The molecule has 1 fully saturated rings. The fourth-order valence-corrected chi connectivity index (χ4v) is 2.75. The molecule has 114 valence electrons. The Morgan fingerprint density at radius 3 is 2.90 bits per heavy atom. The van der Waals surface area contributed by atoms with Gasteiger partial charge in [0.1, 0.15) is 6.42 Å². The number of hydrogen-bond acceptors (Lipinski definition) is 2. The van der Waals surface area contributed by atoms with Crippen LogP contribution in [0.15, 0.2) is 24.3 Å². The Morgan fingerprint density at radius 2 is 2.19 bits per heavy atom. The summed E-state index contributed by atoms with van der Waals surface area (Å²) < 4.78 is 0. The summed E-state index contributed by atoms with van der Waals surface area (Å²) in [6.45, 7) is 6.21. The molecule has 1 saturated heterocycles. The number of carbonyl (C=O) groups is 2. The number of rotatable bonds is 4. The fraction of sp³-hybridized carbons (Fsp3) is 0.529. The number of amides is 2. The lowest BCUT2D eigenvalue weighted by atomic mass is 10.00. The minimum absolute atomic E-state index is 0.0431. The van der Waals surface area contributed by atoms with Crippen molar-refractivity contribution < 1.29 is 9.59 Å². The quantitative estimate of drug-likeness (QED) is 0.864. The van der Waals surface area contributed by atoms with Gasteiger partial charge in [0, 0.05) is 19.6 Å². The number of nitrogens with zero attached hydrogens (tertiary/aromatic N) is 1. The van der Waals surface area contributed by atoms with Crippen molar-refractivity contribution in [3.05, 3.63) is 35.4 Å². The van der Waals surface area contributed by atoms with E-state index in [2.05, 4.69) is 12.2 Å². The lowest BCUT2D eigenvalue weighted by Gasteiger charge is -2.30. The highest BCUT2D eigenvalue weighted by molar-refractivity contribution is 5.96. The average Bonchev–Trinajstić information content (AvgIpc) is 2.45. The van der Waals surface area contributed by atoms with E-state index >= 15 is 0 Å². The van der Waals surface area contributed by atoms with E-state index < -0.39 is 0 Å². The summed E-state index contributed by atoms with van der Waals surface area (Å²) in [6, 6.07) is 8.00. The molecule has 1 aliphatic rings. The first-order chi connectivity index (χ1) is 10.0. The van der Waals surface area contributed by atoms with Crippen molar-refractivity contribution in [2.75, 3.05) is 13.1 Å². The van der Waals surface area contributed by atoms with Crippen molar-refractivity contribution in [3.8, 4) is 0 Å². The van der Waals surface area contributed by atoms with E-state index in [0.717, 1.165) is 25.1 Å². The van der Waals surface area contributed by atoms with Gasteiger partial charge >= 0.3 is 0 Å². The molecule has 1 aliphatic heterocycles. The first-order valence-electron chi connectivity index (χ1n) is 7.64. The van der Waals surface area contributed by atoms with Crippen molar-refractivity contribution in [3.63, 3.8) is 0 Å². The topological polar surface area (TPSA) is 49.4 Å². The molecule has 2 rings (SSSR count). The van der Waals surface area contributed by atoms with Gasteiger partial charge in [-0.05, 0) is 31.2 Å². The molecule has 0 aromatic heterocycles. The van der Waals surface area contributed by atoms with Crippen molar-refractivity contribution in [1.29, 1.82) is 0 Å². The minimum atomic E-state index is -0.195. The molecule has 0 saturated carbocycles. The second-order valence-corrected chi connectivity index (χ2v) is 6.03. The molecule has 0 aliphatic carbocycles. The summed E-state index contributed by atoms with van der Waals surface area (Å²) in [4.78, 5) is 25.8. The summed E-state index contributed by atoms with van der Waals surface area (Å²) >= 11 is 0. The van der Waals surface area contributed by atoms with Gasteiger partial charge in [-0.2, -0.15) is 0 Å². The number of benzene rings is 1. The van der Waals surface area contributed by atoms with Gasteiger partial charge < -0.3 is 10.2 Å². The average molecular weight is 288 g/mol. The third-order valence-electron chi connectivity index (χ3n) is 3.89. The molecule has 1 aromatic rings. The third-order valence-corrected chi connectivity index (χ3v) is 3.89. The molecule has 1 heterocycles. The second kappa shape index (κ2) is 7.25. The monoisotopic (exact) mass is 288 g/mol. The molecule has 0 radical (unpaired) electrons. The van der Waals surface area contributed by atoms with Gasteiger partial charge in [0.15, 0.2) is 0 Å². The van der Waals surface area contributed by atoms with Gasteiger partial charge in [0.2, 0.25) is 11.8 Å². The Labute approximate surface area is 126 Å². The highest BCUT2D eigenvalue weighted by atomic mass is 16.2. The first-order valence-corrected chi connectivity index (χ1v) is 7.64. The van der Waals surface area contributed by atoms with Crippen molar-refractivity contribution in [1.82, 2.24) is 10.2 Å². The fourth-order valence-electron chi connectivity index (χ4n) is 2.75. The molecular formula is C17H24N2O2. The highest BCUT2D eigenvalue weighted by Crippen LogP contribution is 2.16. The molecule has 1 aromatic carbocycles. The Bertz CT molecular complexity index is 513. The minimum Gasteiger partial charge on any atom is -0.352 e. The molecule has 0 bridgehead atoms. The van der Waals surface area contributed by atoms with E-state index in [-0.39, 0.29) is 18.2 Å². The standard InChI is InChI=1S/C17H24N2O2/c1-13-5-3-7-15(9-13)11-18-16(20)10-17(21)19-8-4-6-14(2)12-19/h3,5,7,9,14H,4,6,8,10-12H2,1-2H3,(H,18,20). The molecule has 1 N–H and O–H groups in total. The number of piperidine rings is 1. The Balaban J connectivity index is 1.77. The molecule has 21 heavy (non-hydrogen) atoms. The van der Waals surface area contributed by atoms with Gasteiger partial charge in [0.05, 0.1) is 0 Å². The summed E-state index contributed by atoms with van der Waals surface area (Å²) in [7, 11) is 0. The van der Waals surface area contributed by atoms with Crippen LogP contribution in [0.25, 0.3) is 0 Å². The Kier molecular flexibility index (Phi) is 5.37. The smallest absolute Gasteiger partial charge is 0.232 e. The zero-order valence-corrected chi connectivity index (χ0v) is 12.9. The zero-order chi connectivity index (χ0) is 15.2. The van der Waals surface area contributed by atoms with Crippen LogP contribution in [0.3, 0.4) is 0 Å². The molecule has 2 amide bonds. The van der Waals surface area contributed by atoms with E-state index in [9.17, 15) is 9.59 Å². The van der Waals surface area contributed by atoms with Crippen molar-refractivity contribution >= 4 is 11.8 Å². The SMILES string of the molecule is Cc1cccc(CNC(=O)CC(=O)N2CCCC(C)C2)c1. The lowest BCUT2D eigenvalue weighted by Crippen LogP contribution is -2.41. The van der Waals surface area contributed by atoms with Gasteiger partial charge in [0.25, 0.3) is 0 Å². The molecule has 1 atom stereocenters. The predicted molar refractivity (Wildman–Crippen MR) is 82.6 cm³/mol. The first kappa shape index (κ1) is 15.5. The van der Waals surface area contributed by atoms with E-state index in [0.29, 0.717) is 12.5 Å². The van der Waals surface area contributed by atoms with Crippen LogP contribution < -0.4 is 5.32 Å². The van der Waals surface area contributed by atoms with Crippen LogP contribution >= 0.6 is 0 Å². The molecular weight excluding hydrogens is 264 g/mol. The van der Waals surface area contributed by atoms with Crippen LogP contribution in [-0.2, 0) is 16.1 Å². The number of aryl methyl sites for hydroxylation is 1. The zero-order valence-electron chi connectivity index (χ0n) is 12.9. The van der Waals surface area contributed by atoms with E-state index in [1.165, 1.54) is 12.0 Å². The van der Waals surface area contributed by atoms with Crippen molar-refractivity contribution in [2.24, 2.45) is 5.92 Å². The largest absolute Gasteiger partial charge is 0.352 e. The van der Waals surface area contributed by atoms with Crippen LogP contribution in [0.2, 0.25) is 0 Å². The Hall–Kier alpha value is -1.84. The van der Waals surface area contributed by atoms with Crippen molar-refractivity contribution in [2.45, 2.75) is 39.7 Å². The van der Waals surface area contributed by atoms with Gasteiger partial charge in [-0.1, -0.05) is 36.8 Å². The maximum absolute atomic E-state index is 12.1. The summed E-state index contributed by atoms with van der Waals surface area (Å²) in [5, 5.41) is 2.82. The predicted octanol–water partition coefficient (Wildman–Crippen LogP) is 2.26. The Morgan fingerprint density at radius 1 is 1.38 bits per heavy atom. The number of likely N-dealkylation sites (tertiary alicyclic amines) is 1. The second-order valence-electron chi connectivity index (χ2n) is 6.03. The normalized spacial score (nSPS) is 18.4. The maximum atomic E-state index is 12.1. The van der Waals surface area contributed by atoms with Crippen LogP contribution in [0.4, 0.5) is 0 Å². The summed E-state index contributed by atoms with van der Waals surface area (Å²) in [5.41, 5.74) is 2.22. The van der Waals surface area contributed by atoms with Crippen LogP contribution in [0, 0.1) is 12.8 Å². The van der Waals surface area contributed by atoms with Crippen LogP contribution in [-0.4, -0.2) is 29.8 Å². The molecule has 4 nitrogen and oxygen atoms in total. The summed E-state index contributed by atoms with van der Waals surface area (Å²) in [5.74, 6) is 0.293. The van der Waals surface area contributed by atoms with E-state index in [4.69, 9.17) is 0 Å². The van der Waals surface area contributed by atoms with Gasteiger partial charge in [-0.3, -0.25) is 9.59 Å². The summed E-state index contributed by atoms with van der Waals surface area (Å²) in [6.07, 6.45) is 2.17. The van der Waals surface area contributed by atoms with Crippen LogP contribution in [0.1, 0.15) is 37.3 Å². The lowest BCUT2D eigenvalue weighted by molar-refractivity contribution is -0.137. The number of carbonyl (C=O) groups excluding carboxylic acids is 2. The third kappa shape index (κ3) is 4.88. The molecule has 0 spiro atoms. The van der Waals surface area contributed by atoms with Gasteiger partial charge in [-0.15, -0.1) is 0 Å².